The minimum absolute atomic E-state index is 0.431. The molecule has 1 radical (unpaired) electrons. The van der Waals surface area contributed by atoms with Crippen molar-refractivity contribution >= 4 is 0 Å². The van der Waals surface area contributed by atoms with Crippen LogP contribution in [0.5, 0.6) is 0 Å². The number of rotatable bonds is 3. The highest BCUT2D eigenvalue weighted by Gasteiger charge is 2.27. The molecule has 0 unspecified atom stereocenters. The lowest BCUT2D eigenvalue weighted by Gasteiger charge is -2.04. The Kier molecular flexibility index (Phi) is 3.56. The maximum absolute atomic E-state index is 11.2. The third kappa shape index (κ3) is 7.71. The maximum Gasteiger partial charge on any atom is 0.411 e. The molecule has 0 saturated carbocycles. The van der Waals surface area contributed by atoms with Gasteiger partial charge < -0.3 is 9.47 Å². The van der Waals surface area contributed by atoms with E-state index in [1.165, 1.54) is 0 Å². The molecule has 55 valence electrons. The zero-order valence-electron chi connectivity index (χ0n) is 4.57. The van der Waals surface area contributed by atoms with Crippen molar-refractivity contribution < 1.29 is 22.6 Å². The Morgan fingerprint density at radius 3 is 2.22 bits per heavy atom. The summed E-state index contributed by atoms with van der Waals surface area (Å²) in [7, 11) is 2.81. The zero-order valence-corrected chi connectivity index (χ0v) is 4.57. The second kappa shape index (κ2) is 3.68. The molecule has 0 saturated heterocycles. The Morgan fingerprint density at radius 2 is 1.89 bits per heavy atom. The van der Waals surface area contributed by atoms with Gasteiger partial charge in [0.05, 0.1) is 7.11 Å². The Bertz CT molecular complexity index is 70.7. The van der Waals surface area contributed by atoms with Crippen molar-refractivity contribution in [3.63, 3.8) is 0 Å². The van der Waals surface area contributed by atoms with Gasteiger partial charge in [-0.25, -0.2) is 0 Å². The summed E-state index contributed by atoms with van der Waals surface area (Å²) >= 11 is 0. The fourth-order valence-corrected chi connectivity index (χ4v) is 0.216. The molecule has 9 heavy (non-hydrogen) atoms. The van der Waals surface area contributed by atoms with Crippen LogP contribution in [-0.2, 0) is 9.47 Å². The summed E-state index contributed by atoms with van der Waals surface area (Å²) in [6.45, 7) is -1.72. The third-order valence-electron chi connectivity index (χ3n) is 0.432. The standard InChI is InChI=1S/C4H6F3O2/c1-8-3-9-2-4(5,6)7/h1-3H2. The van der Waals surface area contributed by atoms with Gasteiger partial charge in [0.1, 0.15) is 13.4 Å². The first kappa shape index (κ1) is 8.71. The number of hydrogen-bond acceptors (Lipinski definition) is 2. The van der Waals surface area contributed by atoms with E-state index in [-0.39, 0.29) is 0 Å². The molecule has 5 heteroatoms. The molecule has 0 aromatic heterocycles. The predicted octanol–water partition coefficient (Wildman–Crippen LogP) is 1.33. The summed E-state index contributed by atoms with van der Waals surface area (Å²) in [5.41, 5.74) is 0. The van der Waals surface area contributed by atoms with Gasteiger partial charge in [-0.15, -0.1) is 0 Å². The third-order valence-corrected chi connectivity index (χ3v) is 0.432. The summed E-state index contributed by atoms with van der Waals surface area (Å²) in [5.74, 6) is 0. The SMILES string of the molecule is [CH2]OCOCC(F)(F)F. The Morgan fingerprint density at radius 1 is 1.33 bits per heavy atom. The van der Waals surface area contributed by atoms with Gasteiger partial charge in [0.2, 0.25) is 0 Å². The molecule has 0 rings (SSSR count). The summed E-state index contributed by atoms with van der Waals surface area (Å²) in [5, 5.41) is 0. The predicted molar refractivity (Wildman–Crippen MR) is 23.3 cm³/mol. The van der Waals surface area contributed by atoms with E-state index >= 15 is 0 Å². The fraction of sp³-hybridized carbons (Fsp3) is 0.750. The molecule has 2 nitrogen and oxygen atoms in total. The van der Waals surface area contributed by atoms with Gasteiger partial charge in [-0.3, -0.25) is 0 Å². The Balaban J connectivity index is 3.07. The van der Waals surface area contributed by atoms with Gasteiger partial charge in [-0.2, -0.15) is 13.2 Å². The number of halogens is 3. The average molecular weight is 143 g/mol. The van der Waals surface area contributed by atoms with Crippen LogP contribution in [0.1, 0.15) is 0 Å². The van der Waals surface area contributed by atoms with Crippen LogP contribution in [0.3, 0.4) is 0 Å². The number of ether oxygens (including phenoxy) is 2. The second-order valence-corrected chi connectivity index (χ2v) is 1.29. The molecule has 0 fully saturated rings. The lowest BCUT2D eigenvalue weighted by Crippen LogP contribution is -2.17. The van der Waals surface area contributed by atoms with Gasteiger partial charge in [0.25, 0.3) is 0 Å². The van der Waals surface area contributed by atoms with Crippen LogP contribution in [0.15, 0.2) is 0 Å². The van der Waals surface area contributed by atoms with Crippen LogP contribution in [0, 0.1) is 7.11 Å². The van der Waals surface area contributed by atoms with E-state index in [1.807, 2.05) is 0 Å². The highest BCUT2D eigenvalue weighted by atomic mass is 19.4. The second-order valence-electron chi connectivity index (χ2n) is 1.29. The molecule has 0 aliphatic carbocycles. The molecule has 0 N–H and O–H groups in total. The summed E-state index contributed by atoms with van der Waals surface area (Å²) in [4.78, 5) is 0. The van der Waals surface area contributed by atoms with Gasteiger partial charge in [0, 0.05) is 0 Å². The normalized spacial score (nSPS) is 12.0. The molecule has 0 amide bonds. The van der Waals surface area contributed by atoms with Crippen molar-refractivity contribution in [1.82, 2.24) is 0 Å². The fourth-order valence-electron chi connectivity index (χ4n) is 0.216. The first-order valence-corrected chi connectivity index (χ1v) is 2.08. The molecule has 0 aromatic rings. The highest BCUT2D eigenvalue weighted by molar-refractivity contribution is 4.42. The van der Waals surface area contributed by atoms with Crippen molar-refractivity contribution in [2.75, 3.05) is 13.4 Å². The maximum atomic E-state index is 11.2. The molecule has 0 aliphatic rings. The van der Waals surface area contributed by atoms with E-state index in [1.54, 1.807) is 0 Å². The first-order chi connectivity index (χ1) is 4.06. The van der Waals surface area contributed by atoms with Crippen molar-refractivity contribution in [1.29, 1.82) is 0 Å². The summed E-state index contributed by atoms with van der Waals surface area (Å²) < 4.78 is 41.4. The van der Waals surface area contributed by atoms with Crippen LogP contribution >= 0.6 is 0 Å². The quantitative estimate of drug-likeness (QED) is 0.438. The van der Waals surface area contributed by atoms with Crippen LogP contribution < -0.4 is 0 Å². The van der Waals surface area contributed by atoms with Gasteiger partial charge in [0.15, 0.2) is 0 Å². The minimum Gasteiger partial charge on any atom is -0.353 e. The Hall–Kier alpha value is -0.290. The van der Waals surface area contributed by atoms with E-state index in [9.17, 15) is 13.2 Å². The van der Waals surface area contributed by atoms with Crippen molar-refractivity contribution in [2.24, 2.45) is 0 Å². The van der Waals surface area contributed by atoms with Crippen LogP contribution in [0.25, 0.3) is 0 Å². The lowest BCUT2D eigenvalue weighted by molar-refractivity contribution is -0.191. The molecule has 0 aromatic carbocycles. The van der Waals surface area contributed by atoms with Crippen molar-refractivity contribution in [2.45, 2.75) is 6.18 Å². The zero-order chi connectivity index (χ0) is 7.33. The van der Waals surface area contributed by atoms with E-state index in [4.69, 9.17) is 0 Å². The van der Waals surface area contributed by atoms with Crippen LogP contribution in [-0.4, -0.2) is 19.6 Å². The molecule has 0 aliphatic heterocycles. The van der Waals surface area contributed by atoms with Crippen LogP contribution in [0.2, 0.25) is 0 Å². The molecular weight excluding hydrogens is 137 g/mol. The largest absolute Gasteiger partial charge is 0.411 e. The summed E-state index contributed by atoms with van der Waals surface area (Å²) in [6.07, 6.45) is -4.28. The van der Waals surface area contributed by atoms with Gasteiger partial charge in [-0.1, -0.05) is 0 Å². The molecule has 0 heterocycles. The topological polar surface area (TPSA) is 18.5 Å². The smallest absolute Gasteiger partial charge is 0.353 e. The van der Waals surface area contributed by atoms with Crippen molar-refractivity contribution in [3.8, 4) is 0 Å². The first-order valence-electron chi connectivity index (χ1n) is 2.08. The average Bonchev–Trinajstić information content (AvgIpc) is 1.63. The van der Waals surface area contributed by atoms with E-state index in [0.717, 1.165) is 0 Å². The van der Waals surface area contributed by atoms with Crippen molar-refractivity contribution in [3.05, 3.63) is 7.11 Å². The van der Waals surface area contributed by atoms with Gasteiger partial charge in [-0.05, 0) is 0 Å². The summed E-state index contributed by atoms with van der Waals surface area (Å²) in [6, 6.07) is 0. The number of hydrogen-bond donors (Lipinski definition) is 0. The molecular formula is C4H6F3O2. The Labute approximate surface area is 50.6 Å². The van der Waals surface area contributed by atoms with E-state index in [0.29, 0.717) is 0 Å². The lowest BCUT2D eigenvalue weighted by atomic mass is 10.7. The minimum atomic E-state index is -4.28. The molecule has 0 bridgehead atoms. The van der Waals surface area contributed by atoms with Crippen LogP contribution in [0.4, 0.5) is 13.2 Å². The van der Waals surface area contributed by atoms with Gasteiger partial charge >= 0.3 is 6.18 Å². The highest BCUT2D eigenvalue weighted by Crippen LogP contribution is 2.13. The molecule has 0 spiro atoms. The monoisotopic (exact) mass is 143 g/mol. The van der Waals surface area contributed by atoms with E-state index in [2.05, 4.69) is 16.6 Å². The number of alkyl halides is 3. The molecule has 0 atom stereocenters. The van der Waals surface area contributed by atoms with E-state index < -0.39 is 19.6 Å².